The number of hydrogen-bond donors (Lipinski definition) is 1. The van der Waals surface area contributed by atoms with Crippen LogP contribution in [0.15, 0.2) is 65.1 Å². The number of rotatable bonds is 7. The molecule has 7 heteroatoms. The molecule has 5 nitrogen and oxygen atoms in total. The predicted octanol–water partition coefficient (Wildman–Crippen LogP) is 4.03. The van der Waals surface area contributed by atoms with E-state index in [0.29, 0.717) is 11.4 Å². The van der Waals surface area contributed by atoms with Gasteiger partial charge in [0.2, 0.25) is 5.91 Å². The normalized spacial score (nSPS) is 10.6. The Morgan fingerprint density at radius 2 is 1.68 bits per heavy atom. The zero-order valence-electron chi connectivity index (χ0n) is 14.9. The summed E-state index contributed by atoms with van der Waals surface area (Å²) in [5.74, 6) is -0.743. The lowest BCUT2D eigenvalue weighted by Gasteiger charge is -2.22. The van der Waals surface area contributed by atoms with E-state index in [4.69, 9.17) is 10.5 Å². The minimum Gasteiger partial charge on any atom is -0.484 e. The van der Waals surface area contributed by atoms with Crippen LogP contribution in [0.25, 0.3) is 10.8 Å². The molecule has 2 amide bonds. The van der Waals surface area contributed by atoms with Crippen LogP contribution < -0.4 is 15.4 Å². The molecule has 0 atom stereocenters. The summed E-state index contributed by atoms with van der Waals surface area (Å²) in [6.45, 7) is -0.132. The van der Waals surface area contributed by atoms with Crippen molar-refractivity contribution in [1.82, 2.24) is 0 Å². The first-order valence-corrected chi connectivity index (χ1v) is 9.38. The van der Waals surface area contributed by atoms with Crippen LogP contribution in [0.3, 0.4) is 0 Å². The third kappa shape index (κ3) is 5.07. The van der Waals surface area contributed by atoms with Gasteiger partial charge in [0.05, 0.1) is 0 Å². The van der Waals surface area contributed by atoms with Crippen LogP contribution in [-0.2, 0) is 9.59 Å². The molecule has 3 rings (SSSR count). The van der Waals surface area contributed by atoms with Gasteiger partial charge in [-0.2, -0.15) is 0 Å². The largest absolute Gasteiger partial charge is 0.484 e. The Balaban J connectivity index is 1.72. The molecule has 0 heterocycles. The Hall–Kier alpha value is -2.93. The molecule has 0 spiro atoms. The highest BCUT2D eigenvalue weighted by molar-refractivity contribution is 9.10. The van der Waals surface area contributed by atoms with Crippen LogP contribution in [0.4, 0.5) is 10.1 Å². The van der Waals surface area contributed by atoms with Crippen molar-refractivity contribution < 1.29 is 18.7 Å². The zero-order chi connectivity index (χ0) is 20.1. The molecule has 0 aliphatic carbocycles. The zero-order valence-corrected chi connectivity index (χ0v) is 16.5. The number of hydrogen-bond acceptors (Lipinski definition) is 3. The number of ether oxygens (including phenoxy) is 1. The molecule has 28 heavy (non-hydrogen) atoms. The fourth-order valence-electron chi connectivity index (χ4n) is 2.75. The number of carbonyl (C=O) groups is 2. The van der Waals surface area contributed by atoms with Crippen molar-refractivity contribution in [2.75, 3.05) is 18.1 Å². The van der Waals surface area contributed by atoms with E-state index in [0.717, 1.165) is 15.2 Å². The molecule has 0 aromatic heterocycles. The van der Waals surface area contributed by atoms with Crippen molar-refractivity contribution in [1.29, 1.82) is 0 Å². The molecule has 144 valence electrons. The number of primary amides is 1. The Kier molecular flexibility index (Phi) is 6.26. The number of amides is 2. The van der Waals surface area contributed by atoms with E-state index in [1.807, 2.05) is 30.3 Å². The first-order valence-electron chi connectivity index (χ1n) is 8.59. The standard InChI is InChI=1S/C21H18BrFN2O3/c22-16-3-1-15-12-19(8-2-14(15)11-16)28-13-21(27)25(10-9-20(24)26)18-6-4-17(23)5-7-18/h1-8,11-12H,9-10,13H2,(H2,24,26). The Bertz CT molecular complexity index is 1010. The van der Waals surface area contributed by atoms with Crippen LogP contribution in [-0.4, -0.2) is 25.0 Å². The minimum atomic E-state index is -0.526. The van der Waals surface area contributed by atoms with Gasteiger partial charge in [0.25, 0.3) is 5.91 Å². The summed E-state index contributed by atoms with van der Waals surface area (Å²) in [4.78, 5) is 25.2. The summed E-state index contributed by atoms with van der Waals surface area (Å²) < 4.78 is 19.8. The molecule has 3 aromatic rings. The molecule has 0 aliphatic rings. The fraction of sp³-hybridized carbons (Fsp3) is 0.143. The van der Waals surface area contributed by atoms with Gasteiger partial charge in [-0.25, -0.2) is 4.39 Å². The Labute approximate surface area is 170 Å². The quantitative estimate of drug-likeness (QED) is 0.597. The third-order valence-corrected chi connectivity index (χ3v) is 4.65. The minimum absolute atomic E-state index is 0.00598. The molecule has 0 radical (unpaired) electrons. The molecular formula is C21H18BrFN2O3. The predicted molar refractivity (Wildman–Crippen MR) is 110 cm³/mol. The number of halogens is 2. The van der Waals surface area contributed by atoms with Crippen molar-refractivity contribution in [3.05, 3.63) is 71.0 Å². The number of benzene rings is 3. The monoisotopic (exact) mass is 444 g/mol. The maximum Gasteiger partial charge on any atom is 0.264 e. The highest BCUT2D eigenvalue weighted by Crippen LogP contribution is 2.24. The van der Waals surface area contributed by atoms with E-state index in [2.05, 4.69) is 15.9 Å². The summed E-state index contributed by atoms with van der Waals surface area (Å²) >= 11 is 3.43. The van der Waals surface area contributed by atoms with E-state index in [-0.39, 0.29) is 25.5 Å². The topological polar surface area (TPSA) is 72.6 Å². The second-order valence-electron chi connectivity index (χ2n) is 6.18. The molecule has 0 fully saturated rings. The molecule has 0 aliphatic heterocycles. The molecule has 0 saturated carbocycles. The van der Waals surface area contributed by atoms with Gasteiger partial charge in [0.1, 0.15) is 11.6 Å². The molecule has 0 bridgehead atoms. The van der Waals surface area contributed by atoms with E-state index in [1.54, 1.807) is 6.07 Å². The smallest absolute Gasteiger partial charge is 0.264 e. The van der Waals surface area contributed by atoms with Crippen LogP contribution in [0.5, 0.6) is 5.75 Å². The highest BCUT2D eigenvalue weighted by atomic mass is 79.9. The highest BCUT2D eigenvalue weighted by Gasteiger charge is 2.17. The average Bonchev–Trinajstić information content (AvgIpc) is 2.67. The van der Waals surface area contributed by atoms with Crippen LogP contribution in [0, 0.1) is 5.82 Å². The van der Waals surface area contributed by atoms with Crippen LogP contribution >= 0.6 is 15.9 Å². The third-order valence-electron chi connectivity index (χ3n) is 4.16. The summed E-state index contributed by atoms with van der Waals surface area (Å²) in [5, 5.41) is 2.03. The van der Waals surface area contributed by atoms with Crippen LogP contribution in [0.1, 0.15) is 6.42 Å². The number of anilines is 1. The van der Waals surface area contributed by atoms with E-state index in [1.165, 1.54) is 29.2 Å². The first-order chi connectivity index (χ1) is 13.4. The summed E-state index contributed by atoms with van der Waals surface area (Å²) in [6, 6.07) is 16.9. The Morgan fingerprint density at radius 3 is 2.39 bits per heavy atom. The number of nitrogens with zero attached hydrogens (tertiary/aromatic N) is 1. The van der Waals surface area contributed by atoms with E-state index >= 15 is 0 Å². The molecule has 3 aromatic carbocycles. The lowest BCUT2D eigenvalue weighted by molar-refractivity contribution is -0.120. The number of fused-ring (bicyclic) bond motifs is 1. The second kappa shape index (κ2) is 8.84. The number of carbonyl (C=O) groups excluding carboxylic acids is 2. The maximum absolute atomic E-state index is 13.2. The average molecular weight is 445 g/mol. The fourth-order valence-corrected chi connectivity index (χ4v) is 3.13. The van der Waals surface area contributed by atoms with Crippen molar-refractivity contribution in [2.24, 2.45) is 5.73 Å². The molecule has 0 unspecified atom stereocenters. The SMILES string of the molecule is NC(=O)CCN(C(=O)COc1ccc2cc(Br)ccc2c1)c1ccc(F)cc1. The molecule has 0 saturated heterocycles. The van der Waals surface area contributed by atoms with Gasteiger partial charge < -0.3 is 15.4 Å². The van der Waals surface area contributed by atoms with E-state index < -0.39 is 11.7 Å². The second-order valence-corrected chi connectivity index (χ2v) is 7.10. The summed E-state index contributed by atoms with van der Waals surface area (Å²) in [5.41, 5.74) is 5.67. The van der Waals surface area contributed by atoms with E-state index in [9.17, 15) is 14.0 Å². The number of nitrogens with two attached hydrogens (primary N) is 1. The van der Waals surface area contributed by atoms with Gasteiger partial charge in [-0.05, 0) is 59.3 Å². The van der Waals surface area contributed by atoms with Crippen molar-refractivity contribution in [3.8, 4) is 5.75 Å². The van der Waals surface area contributed by atoms with Gasteiger partial charge in [0.15, 0.2) is 6.61 Å². The van der Waals surface area contributed by atoms with Gasteiger partial charge >= 0.3 is 0 Å². The first kappa shape index (κ1) is 19.8. The van der Waals surface area contributed by atoms with Crippen molar-refractivity contribution in [2.45, 2.75) is 6.42 Å². The summed E-state index contributed by atoms with van der Waals surface area (Å²) in [7, 11) is 0. The van der Waals surface area contributed by atoms with Gasteiger partial charge in [-0.15, -0.1) is 0 Å². The Morgan fingerprint density at radius 1 is 1.00 bits per heavy atom. The molecule has 2 N–H and O–H groups in total. The lowest BCUT2D eigenvalue weighted by Crippen LogP contribution is -2.37. The lowest BCUT2D eigenvalue weighted by atomic mass is 10.1. The van der Waals surface area contributed by atoms with Crippen molar-refractivity contribution in [3.63, 3.8) is 0 Å². The molecular weight excluding hydrogens is 427 g/mol. The van der Waals surface area contributed by atoms with Gasteiger partial charge in [-0.1, -0.05) is 28.1 Å². The van der Waals surface area contributed by atoms with Gasteiger partial charge in [0, 0.05) is 23.1 Å². The van der Waals surface area contributed by atoms with Gasteiger partial charge in [-0.3, -0.25) is 9.59 Å². The summed E-state index contributed by atoms with van der Waals surface area (Å²) in [6.07, 6.45) is -0.00598. The van der Waals surface area contributed by atoms with Crippen LogP contribution in [0.2, 0.25) is 0 Å². The maximum atomic E-state index is 13.2. The van der Waals surface area contributed by atoms with Crippen molar-refractivity contribution >= 4 is 44.2 Å².